The lowest BCUT2D eigenvalue weighted by molar-refractivity contribution is -0.133. The van der Waals surface area contributed by atoms with Crippen molar-refractivity contribution in [3.63, 3.8) is 0 Å². The number of pyridine rings is 1. The number of amides is 1. The van der Waals surface area contributed by atoms with Gasteiger partial charge in [0.25, 0.3) is 0 Å². The fourth-order valence-corrected chi connectivity index (χ4v) is 5.03. The van der Waals surface area contributed by atoms with E-state index in [0.29, 0.717) is 30.2 Å². The highest BCUT2D eigenvalue weighted by Gasteiger charge is 2.29. The van der Waals surface area contributed by atoms with Gasteiger partial charge in [-0.15, -0.1) is 0 Å². The summed E-state index contributed by atoms with van der Waals surface area (Å²) in [5, 5.41) is 9.46. The third kappa shape index (κ3) is 3.48. The number of methoxy groups -OCH3 is 1. The predicted octanol–water partition coefficient (Wildman–Crippen LogP) is 2.09. The van der Waals surface area contributed by atoms with Crippen molar-refractivity contribution in [2.75, 3.05) is 20.2 Å². The average Bonchev–Trinajstić information content (AvgIpc) is 2.95. The Morgan fingerprint density at radius 1 is 1.28 bits per heavy atom. The van der Waals surface area contributed by atoms with Gasteiger partial charge in [-0.1, -0.05) is 0 Å². The van der Waals surface area contributed by atoms with Crippen molar-refractivity contribution in [3.05, 3.63) is 45.9 Å². The monoisotopic (exact) mass is 451 g/mol. The van der Waals surface area contributed by atoms with Crippen LogP contribution in [0.3, 0.4) is 0 Å². The summed E-state index contributed by atoms with van der Waals surface area (Å²) in [5.74, 6) is 1.98. The maximum Gasteiger partial charge on any atom is 0.227 e. The number of ether oxygens (including phenoxy) is 1. The second-order valence-electron chi connectivity index (χ2n) is 8.19. The molecule has 0 aromatic carbocycles. The molecule has 0 saturated carbocycles. The molecule has 9 nitrogen and oxygen atoms in total. The van der Waals surface area contributed by atoms with Crippen LogP contribution < -0.4 is 10.5 Å². The van der Waals surface area contributed by atoms with Crippen molar-refractivity contribution in [3.8, 4) is 17.0 Å². The molecule has 166 valence electrons. The highest BCUT2D eigenvalue weighted by atomic mass is 32.2. The molecule has 1 amide bonds. The molecule has 32 heavy (non-hydrogen) atoms. The number of hydrogen-bond acceptors (Lipinski definition) is 8. The van der Waals surface area contributed by atoms with Gasteiger partial charge in [0.15, 0.2) is 5.84 Å². The van der Waals surface area contributed by atoms with Gasteiger partial charge in [-0.2, -0.15) is 19.4 Å². The van der Waals surface area contributed by atoms with E-state index in [-0.39, 0.29) is 5.91 Å². The maximum atomic E-state index is 12.6. The summed E-state index contributed by atoms with van der Waals surface area (Å²) in [6.45, 7) is 6.01. The third-order valence-corrected chi connectivity index (χ3v) is 6.88. The smallest absolute Gasteiger partial charge is 0.227 e. The van der Waals surface area contributed by atoms with E-state index < -0.39 is 0 Å². The lowest BCUT2D eigenvalue weighted by Crippen LogP contribution is -2.42. The van der Waals surface area contributed by atoms with E-state index in [9.17, 15) is 4.79 Å². The van der Waals surface area contributed by atoms with E-state index >= 15 is 0 Å². The van der Waals surface area contributed by atoms with E-state index in [2.05, 4.69) is 9.38 Å². The van der Waals surface area contributed by atoms with Gasteiger partial charge in [0, 0.05) is 41.7 Å². The van der Waals surface area contributed by atoms with E-state index in [1.54, 1.807) is 18.1 Å². The second kappa shape index (κ2) is 8.09. The Hall–Kier alpha value is -3.14. The van der Waals surface area contributed by atoms with Crippen molar-refractivity contribution in [2.45, 2.75) is 39.0 Å². The Kier molecular flexibility index (Phi) is 5.24. The van der Waals surface area contributed by atoms with Crippen LogP contribution in [0.1, 0.15) is 40.1 Å². The van der Waals surface area contributed by atoms with Gasteiger partial charge in [0.2, 0.25) is 5.91 Å². The standard InChI is InChI=1S/C22H25N7O2S/c1-12-9-24-17(13(2)21(12)31-3)10-29-25-16-7-14(8-18(30)28-5-4-6-28)15-11-32-27-22(23)20(26-29)19(15)16/h7,9H,4-6,8,10-11H2,1-3H3,(H2,23,27). The molecule has 1 fully saturated rings. The molecule has 0 spiro atoms. The minimum atomic E-state index is 0.153. The summed E-state index contributed by atoms with van der Waals surface area (Å²) in [5.41, 5.74) is 13.3. The number of likely N-dealkylation sites (tertiary alicyclic amines) is 1. The Bertz CT molecular complexity index is 1220. The van der Waals surface area contributed by atoms with Crippen LogP contribution in [0, 0.1) is 13.8 Å². The van der Waals surface area contributed by atoms with Crippen molar-refractivity contribution in [2.24, 2.45) is 10.1 Å². The molecule has 0 radical (unpaired) electrons. The van der Waals surface area contributed by atoms with E-state index in [4.69, 9.17) is 20.7 Å². The second-order valence-corrected chi connectivity index (χ2v) is 8.92. The van der Waals surface area contributed by atoms with E-state index in [0.717, 1.165) is 64.5 Å². The van der Waals surface area contributed by atoms with Crippen LogP contribution in [0.4, 0.5) is 0 Å². The average molecular weight is 452 g/mol. The molecule has 1 aromatic heterocycles. The molecule has 1 saturated heterocycles. The summed E-state index contributed by atoms with van der Waals surface area (Å²) in [6.07, 6.45) is 3.23. The molecule has 10 heteroatoms. The van der Waals surface area contributed by atoms with Gasteiger partial charge in [-0.25, -0.2) is 0 Å². The first-order chi connectivity index (χ1) is 15.5. The first-order valence-electron chi connectivity index (χ1n) is 10.6. The number of rotatable bonds is 5. The molecule has 3 aliphatic heterocycles. The Morgan fingerprint density at radius 3 is 2.81 bits per heavy atom. The van der Waals surface area contributed by atoms with Crippen LogP contribution >= 0.6 is 11.9 Å². The van der Waals surface area contributed by atoms with E-state index in [1.807, 2.05) is 24.8 Å². The van der Waals surface area contributed by atoms with Gasteiger partial charge >= 0.3 is 0 Å². The number of nitrogens with zero attached hydrogens (tertiary/aromatic N) is 6. The molecule has 5 rings (SSSR count). The molecule has 2 N–H and O–H groups in total. The minimum absolute atomic E-state index is 0.153. The summed E-state index contributed by atoms with van der Waals surface area (Å²) in [4.78, 5) is 20.7. The molecule has 0 atom stereocenters. The van der Waals surface area contributed by atoms with Gasteiger partial charge in [-0.05, 0) is 49.4 Å². The molecule has 1 aromatic rings. The van der Waals surface area contributed by atoms with Crippen molar-refractivity contribution in [1.29, 1.82) is 0 Å². The van der Waals surface area contributed by atoms with Crippen LogP contribution in [0.5, 0.6) is 5.75 Å². The van der Waals surface area contributed by atoms with Gasteiger partial charge in [0.1, 0.15) is 18.0 Å². The molecule has 0 unspecified atom stereocenters. The Labute approximate surface area is 190 Å². The number of nitrogens with two attached hydrogens (primary N) is 1. The third-order valence-electron chi connectivity index (χ3n) is 6.14. The van der Waals surface area contributed by atoms with Crippen LogP contribution in [-0.4, -0.2) is 56.8 Å². The van der Waals surface area contributed by atoms with Crippen molar-refractivity contribution < 1.29 is 9.53 Å². The summed E-state index contributed by atoms with van der Waals surface area (Å²) < 4.78 is 9.93. The molecule has 0 bridgehead atoms. The number of amidine groups is 1. The van der Waals surface area contributed by atoms with Crippen LogP contribution in [0.15, 0.2) is 16.7 Å². The number of aryl methyl sites for hydroxylation is 1. The number of carbonyl (C=O) groups is 1. The number of aromatic nitrogens is 4. The molecule has 4 heterocycles. The summed E-state index contributed by atoms with van der Waals surface area (Å²) in [7, 11) is 1.66. The molecular formula is C22H25N7O2S. The lowest BCUT2D eigenvalue weighted by atomic mass is 10.1. The summed E-state index contributed by atoms with van der Waals surface area (Å²) in [6, 6.07) is 2.00. The largest absolute Gasteiger partial charge is 0.496 e. The zero-order valence-corrected chi connectivity index (χ0v) is 19.2. The first kappa shape index (κ1) is 20.7. The van der Waals surface area contributed by atoms with Gasteiger partial charge in [0.05, 0.1) is 24.9 Å². The Morgan fingerprint density at radius 2 is 2.09 bits per heavy atom. The fraction of sp³-hybridized carbons (Fsp3) is 0.409. The normalized spacial score (nSPS) is 15.3. The summed E-state index contributed by atoms with van der Waals surface area (Å²) >= 11 is 1.38. The van der Waals surface area contributed by atoms with Crippen LogP contribution in [-0.2, 0) is 23.5 Å². The topological polar surface area (TPSA) is 112 Å². The SMILES string of the molecule is COc1c(C)cnc(Cn2nc3cc(CC(=O)N4CCC4)c4c-3c(n2)C(N)=NSC4)c1C. The number of hydrogen-bond donors (Lipinski definition) is 1. The highest BCUT2D eigenvalue weighted by Crippen LogP contribution is 2.38. The van der Waals surface area contributed by atoms with Crippen LogP contribution in [0.2, 0.25) is 0 Å². The van der Waals surface area contributed by atoms with Crippen molar-refractivity contribution >= 4 is 23.7 Å². The molecule has 4 aliphatic rings. The molecule has 1 aliphatic carbocycles. The van der Waals surface area contributed by atoms with Crippen LogP contribution in [0.25, 0.3) is 11.3 Å². The molecular weight excluding hydrogens is 426 g/mol. The predicted molar refractivity (Wildman–Crippen MR) is 123 cm³/mol. The number of carbonyl (C=O) groups excluding carboxylic acids is 1. The first-order valence-corrected chi connectivity index (χ1v) is 11.5. The van der Waals surface area contributed by atoms with Gasteiger partial charge in [-0.3, -0.25) is 9.78 Å². The Balaban J connectivity index is 1.56. The minimum Gasteiger partial charge on any atom is -0.496 e. The lowest BCUT2D eigenvalue weighted by Gasteiger charge is -2.31. The zero-order chi connectivity index (χ0) is 22.4. The fourth-order valence-electron chi connectivity index (χ4n) is 4.28. The zero-order valence-electron chi connectivity index (χ0n) is 18.4. The quantitative estimate of drug-likeness (QED) is 0.591. The van der Waals surface area contributed by atoms with E-state index in [1.165, 1.54) is 11.9 Å². The van der Waals surface area contributed by atoms with Gasteiger partial charge < -0.3 is 15.4 Å². The van der Waals surface area contributed by atoms with Crippen molar-refractivity contribution in [1.82, 2.24) is 24.9 Å². The maximum absolute atomic E-state index is 12.6. The highest BCUT2D eigenvalue weighted by molar-refractivity contribution is 7.97.